The number of nitrogens with one attached hydrogen (secondary N) is 3. The van der Waals surface area contributed by atoms with E-state index in [1.165, 1.54) is 12.1 Å². The summed E-state index contributed by atoms with van der Waals surface area (Å²) in [5, 5.41) is 5.80. The van der Waals surface area contributed by atoms with Gasteiger partial charge in [-0.25, -0.2) is 0 Å². The number of amides is 1. The maximum absolute atomic E-state index is 12.5. The van der Waals surface area contributed by atoms with Gasteiger partial charge in [0.05, 0.1) is 5.56 Å². The summed E-state index contributed by atoms with van der Waals surface area (Å²) in [5.41, 5.74) is 2.55. The highest BCUT2D eigenvalue weighted by Crippen LogP contribution is 2.23. The summed E-state index contributed by atoms with van der Waals surface area (Å²) in [4.78, 5) is 20.2. The van der Waals surface area contributed by atoms with E-state index in [1.807, 2.05) is 31.2 Å². The number of aromatic nitrogens is 4. The minimum Gasteiger partial charge on any atom is -0.406 e. The molecule has 0 saturated carbocycles. The van der Waals surface area contributed by atoms with Crippen molar-refractivity contribution in [1.29, 1.82) is 0 Å². The molecule has 0 spiro atoms. The zero-order chi connectivity index (χ0) is 20.6. The first-order valence-corrected chi connectivity index (χ1v) is 8.52. The number of imidazole rings is 1. The maximum Gasteiger partial charge on any atom is 0.573 e. The van der Waals surface area contributed by atoms with Gasteiger partial charge in [0.25, 0.3) is 5.91 Å². The van der Waals surface area contributed by atoms with Crippen LogP contribution >= 0.6 is 0 Å². The van der Waals surface area contributed by atoms with Crippen LogP contribution in [0.15, 0.2) is 54.6 Å². The number of anilines is 1. The van der Waals surface area contributed by atoms with Crippen molar-refractivity contribution in [2.75, 3.05) is 5.32 Å². The molecule has 2 aromatic carbocycles. The quantitative estimate of drug-likeness (QED) is 0.456. The monoisotopic (exact) mass is 402 g/mol. The summed E-state index contributed by atoms with van der Waals surface area (Å²) in [7, 11) is 0. The van der Waals surface area contributed by atoms with Gasteiger partial charge in [0.1, 0.15) is 11.3 Å². The van der Waals surface area contributed by atoms with Crippen molar-refractivity contribution in [2.45, 2.75) is 13.3 Å². The van der Waals surface area contributed by atoms with Crippen molar-refractivity contribution in [3.05, 3.63) is 65.9 Å². The first-order valence-electron chi connectivity index (χ1n) is 8.52. The third kappa shape index (κ3) is 4.05. The summed E-state index contributed by atoms with van der Waals surface area (Å²) >= 11 is 0. The molecule has 1 amide bonds. The van der Waals surface area contributed by atoms with Crippen LogP contribution in [-0.2, 0) is 0 Å². The first kappa shape index (κ1) is 18.5. The molecule has 3 N–H and O–H groups in total. The number of hydrogen-bond donors (Lipinski definition) is 3. The van der Waals surface area contributed by atoms with E-state index in [1.54, 1.807) is 10.7 Å². The normalized spacial score (nSPS) is 11.6. The number of nitrogens with zero attached hydrogens (tertiary/aromatic N) is 2. The fourth-order valence-corrected chi connectivity index (χ4v) is 2.84. The van der Waals surface area contributed by atoms with Crippen LogP contribution in [0.4, 0.5) is 19.0 Å². The lowest BCUT2D eigenvalue weighted by Crippen LogP contribution is -2.38. The molecule has 4 aromatic rings. The van der Waals surface area contributed by atoms with Crippen LogP contribution in [0.3, 0.4) is 0 Å². The van der Waals surface area contributed by atoms with E-state index in [2.05, 4.69) is 25.1 Å². The van der Waals surface area contributed by atoms with Gasteiger partial charge in [-0.3, -0.25) is 20.2 Å². The molecule has 0 aliphatic carbocycles. The van der Waals surface area contributed by atoms with Gasteiger partial charge >= 0.3 is 12.3 Å². The second kappa shape index (κ2) is 6.97. The Morgan fingerprint density at radius 2 is 1.86 bits per heavy atom. The molecule has 0 atom stereocenters. The van der Waals surface area contributed by atoms with Crippen molar-refractivity contribution < 1.29 is 27.4 Å². The molecule has 7 nitrogen and oxygen atoms in total. The molecule has 0 aliphatic heterocycles. The number of aryl methyl sites for hydroxylation is 1. The molecule has 0 fully saturated rings. The predicted octanol–water partition coefficient (Wildman–Crippen LogP) is 3.63. The van der Waals surface area contributed by atoms with Gasteiger partial charge in [-0.15, -0.1) is 22.8 Å². The van der Waals surface area contributed by atoms with Crippen LogP contribution in [0, 0.1) is 6.92 Å². The smallest absolute Gasteiger partial charge is 0.406 e. The SMILES string of the molecule is Cc1cc(NC(=O)c2ccc(OC(F)(F)F)cc2)[n+](-c2nc3ccccc3[nH]2)[nH]1. The second-order valence-corrected chi connectivity index (χ2v) is 6.26. The van der Waals surface area contributed by atoms with E-state index in [0.717, 1.165) is 28.9 Å². The zero-order valence-electron chi connectivity index (χ0n) is 15.0. The van der Waals surface area contributed by atoms with E-state index >= 15 is 0 Å². The third-order valence-electron chi connectivity index (χ3n) is 4.06. The summed E-state index contributed by atoms with van der Waals surface area (Å²) in [6.45, 7) is 1.82. The lowest BCUT2D eigenvalue weighted by Gasteiger charge is -2.08. The number of ether oxygens (including phenoxy) is 1. The van der Waals surface area contributed by atoms with E-state index in [0.29, 0.717) is 11.8 Å². The van der Waals surface area contributed by atoms with Gasteiger partial charge in [-0.1, -0.05) is 12.1 Å². The Labute approximate surface area is 162 Å². The lowest BCUT2D eigenvalue weighted by atomic mass is 10.2. The summed E-state index contributed by atoms with van der Waals surface area (Å²) in [6, 6.07) is 13.9. The van der Waals surface area contributed by atoms with E-state index in [-0.39, 0.29) is 5.56 Å². The predicted molar refractivity (Wildman–Crippen MR) is 97.8 cm³/mol. The van der Waals surface area contributed by atoms with Crippen molar-refractivity contribution in [2.24, 2.45) is 0 Å². The van der Waals surface area contributed by atoms with Gasteiger partial charge < -0.3 is 4.74 Å². The number of benzene rings is 2. The van der Waals surface area contributed by atoms with Crippen LogP contribution in [0.1, 0.15) is 16.1 Å². The van der Waals surface area contributed by atoms with E-state index < -0.39 is 18.0 Å². The van der Waals surface area contributed by atoms with Crippen LogP contribution in [0.5, 0.6) is 5.75 Å². The number of fused-ring (bicyclic) bond motifs is 1. The molecule has 10 heteroatoms. The average molecular weight is 402 g/mol. The highest BCUT2D eigenvalue weighted by molar-refractivity contribution is 6.03. The van der Waals surface area contributed by atoms with Crippen LogP contribution in [0.2, 0.25) is 0 Å². The molecular formula is C19H15F3N5O2+. The molecule has 0 unspecified atom stereocenters. The standard InChI is InChI=1S/C19H14F3N5O2/c1-11-10-16(27(26-11)18-23-14-4-2-3-5-15(14)24-18)25-17(28)12-6-8-13(9-7-12)29-19(20,21)22/h2-10H,1H3,(H2,23,24,25,26,28)/p+1. The summed E-state index contributed by atoms with van der Waals surface area (Å²) < 4.78 is 42.2. The van der Waals surface area contributed by atoms with Crippen molar-refractivity contribution in [1.82, 2.24) is 15.1 Å². The third-order valence-corrected chi connectivity index (χ3v) is 4.06. The summed E-state index contributed by atoms with van der Waals surface area (Å²) in [6.07, 6.45) is -4.79. The Hall–Kier alpha value is -3.82. The lowest BCUT2D eigenvalue weighted by molar-refractivity contribution is -0.648. The largest absolute Gasteiger partial charge is 0.573 e. The van der Waals surface area contributed by atoms with Crippen molar-refractivity contribution >= 4 is 22.8 Å². The van der Waals surface area contributed by atoms with E-state index in [9.17, 15) is 18.0 Å². The Morgan fingerprint density at radius 3 is 2.55 bits per heavy atom. The molecule has 0 aliphatic rings. The number of hydrogen-bond acceptors (Lipinski definition) is 3. The molecule has 148 valence electrons. The number of carbonyl (C=O) groups is 1. The molecule has 29 heavy (non-hydrogen) atoms. The highest BCUT2D eigenvalue weighted by atomic mass is 19.4. The fraction of sp³-hybridized carbons (Fsp3) is 0.105. The highest BCUT2D eigenvalue weighted by Gasteiger charge is 2.31. The van der Waals surface area contributed by atoms with Crippen molar-refractivity contribution in [3.8, 4) is 11.7 Å². The van der Waals surface area contributed by atoms with Crippen LogP contribution in [-0.4, -0.2) is 27.3 Å². The Balaban J connectivity index is 1.57. The van der Waals surface area contributed by atoms with Crippen LogP contribution in [0.25, 0.3) is 17.0 Å². The first-order chi connectivity index (χ1) is 13.8. The van der Waals surface area contributed by atoms with Gasteiger partial charge in [0, 0.05) is 11.8 Å². The second-order valence-electron chi connectivity index (χ2n) is 6.26. The molecule has 4 rings (SSSR count). The van der Waals surface area contributed by atoms with Gasteiger partial charge in [-0.05, 0) is 43.3 Å². The molecule has 0 bridgehead atoms. The fourth-order valence-electron chi connectivity index (χ4n) is 2.84. The summed E-state index contributed by atoms with van der Waals surface area (Å²) in [5.74, 6) is 0.00185. The molecule has 0 saturated heterocycles. The van der Waals surface area contributed by atoms with Crippen LogP contribution < -0.4 is 14.7 Å². The molecule has 0 radical (unpaired) electrons. The Bertz CT molecular complexity index is 1150. The molecule has 2 aromatic heterocycles. The molecule has 2 heterocycles. The number of halogens is 3. The number of para-hydroxylation sites is 2. The number of aromatic amines is 2. The Kier molecular flexibility index (Phi) is 4.45. The maximum atomic E-state index is 12.5. The number of alkyl halides is 3. The van der Waals surface area contributed by atoms with E-state index in [4.69, 9.17) is 0 Å². The number of H-pyrrole nitrogens is 2. The van der Waals surface area contributed by atoms with Gasteiger partial charge in [0.15, 0.2) is 5.52 Å². The minimum absolute atomic E-state index is 0.175. The number of rotatable bonds is 4. The average Bonchev–Trinajstić information content (AvgIpc) is 3.24. The Morgan fingerprint density at radius 1 is 1.14 bits per heavy atom. The zero-order valence-corrected chi connectivity index (χ0v) is 15.0. The minimum atomic E-state index is -4.79. The van der Waals surface area contributed by atoms with Gasteiger partial charge in [-0.2, -0.15) is 0 Å². The topological polar surface area (TPSA) is 86.7 Å². The van der Waals surface area contributed by atoms with Gasteiger partial charge in [0.2, 0.25) is 5.82 Å². The molecular weight excluding hydrogens is 387 g/mol. The number of carbonyl (C=O) groups excluding carboxylic acids is 1. The van der Waals surface area contributed by atoms with Crippen molar-refractivity contribution in [3.63, 3.8) is 0 Å².